The maximum absolute atomic E-state index is 11.7. The van der Waals surface area contributed by atoms with E-state index in [0.717, 1.165) is 28.0 Å². The van der Waals surface area contributed by atoms with Crippen molar-refractivity contribution < 1.29 is 0 Å². The first-order valence-electron chi connectivity index (χ1n) is 6.17. The van der Waals surface area contributed by atoms with E-state index in [9.17, 15) is 4.79 Å². The normalized spacial score (nSPS) is 11.1. The van der Waals surface area contributed by atoms with Gasteiger partial charge in [0.15, 0.2) is 0 Å². The number of rotatable bonds is 1. The van der Waals surface area contributed by atoms with Crippen LogP contribution in [0.3, 0.4) is 0 Å². The minimum absolute atomic E-state index is 0.0450. The second kappa shape index (κ2) is 4.09. The van der Waals surface area contributed by atoms with Crippen molar-refractivity contribution in [2.24, 2.45) is 7.05 Å². The van der Waals surface area contributed by atoms with Crippen LogP contribution in [0.2, 0.25) is 0 Å². The molecule has 0 atom stereocenters. The summed E-state index contributed by atoms with van der Waals surface area (Å²) in [6.07, 6.45) is 5.77. The molecular formula is C15H15N3O. The number of imidazole rings is 1. The molecule has 3 aromatic heterocycles. The van der Waals surface area contributed by atoms with Crippen LogP contribution in [0.4, 0.5) is 0 Å². The van der Waals surface area contributed by atoms with Gasteiger partial charge < -0.3 is 8.97 Å². The molecule has 0 unspecified atom stereocenters. The van der Waals surface area contributed by atoms with Gasteiger partial charge in [0.2, 0.25) is 0 Å². The van der Waals surface area contributed by atoms with E-state index >= 15 is 0 Å². The highest BCUT2D eigenvalue weighted by Gasteiger charge is 2.05. The van der Waals surface area contributed by atoms with Crippen LogP contribution >= 0.6 is 0 Å². The molecule has 0 spiro atoms. The predicted octanol–water partition coefficient (Wildman–Crippen LogP) is 2.32. The standard InChI is InChI=1S/C15H15N3O/c1-10-6-13(8-17(3)15(10)19)12-4-5-14-16-7-11(2)18(14)9-12/h4-9H,1-3H3. The van der Waals surface area contributed by atoms with Crippen LogP contribution < -0.4 is 5.56 Å². The highest BCUT2D eigenvalue weighted by Crippen LogP contribution is 2.20. The number of fused-ring (bicyclic) bond motifs is 1. The van der Waals surface area contributed by atoms with Gasteiger partial charge in [0.25, 0.3) is 5.56 Å². The molecule has 96 valence electrons. The van der Waals surface area contributed by atoms with Gasteiger partial charge >= 0.3 is 0 Å². The van der Waals surface area contributed by atoms with Crippen molar-refractivity contribution in [3.63, 3.8) is 0 Å². The van der Waals surface area contributed by atoms with Crippen LogP contribution in [-0.4, -0.2) is 14.0 Å². The molecule has 0 N–H and O–H groups in total. The number of aryl methyl sites for hydroxylation is 3. The third kappa shape index (κ3) is 1.85. The van der Waals surface area contributed by atoms with Gasteiger partial charge in [-0.2, -0.15) is 0 Å². The van der Waals surface area contributed by atoms with E-state index in [1.165, 1.54) is 0 Å². The zero-order valence-electron chi connectivity index (χ0n) is 11.2. The Labute approximate surface area is 111 Å². The first-order valence-corrected chi connectivity index (χ1v) is 6.17. The van der Waals surface area contributed by atoms with Crippen molar-refractivity contribution in [2.75, 3.05) is 0 Å². The Balaban J connectivity index is 2.24. The summed E-state index contributed by atoms with van der Waals surface area (Å²) in [7, 11) is 1.78. The lowest BCUT2D eigenvalue weighted by Gasteiger charge is -2.07. The van der Waals surface area contributed by atoms with Crippen molar-refractivity contribution in [1.82, 2.24) is 14.0 Å². The van der Waals surface area contributed by atoms with Gasteiger partial charge in [-0.25, -0.2) is 4.98 Å². The number of hydrogen-bond donors (Lipinski definition) is 0. The first-order chi connectivity index (χ1) is 9.06. The van der Waals surface area contributed by atoms with E-state index in [1.807, 2.05) is 44.4 Å². The molecule has 0 saturated heterocycles. The molecule has 0 radical (unpaired) electrons. The SMILES string of the molecule is Cc1cc(-c2ccc3ncc(C)n3c2)cn(C)c1=O. The largest absolute Gasteiger partial charge is 0.318 e. The quantitative estimate of drug-likeness (QED) is 0.667. The average Bonchev–Trinajstić information content (AvgIpc) is 2.77. The van der Waals surface area contributed by atoms with Crippen molar-refractivity contribution in [3.8, 4) is 11.1 Å². The van der Waals surface area contributed by atoms with Crippen LogP contribution in [-0.2, 0) is 7.05 Å². The molecule has 0 fully saturated rings. The molecule has 4 heteroatoms. The molecule has 3 rings (SSSR count). The van der Waals surface area contributed by atoms with Crippen LogP contribution in [0.25, 0.3) is 16.8 Å². The van der Waals surface area contributed by atoms with E-state index in [-0.39, 0.29) is 5.56 Å². The molecule has 0 amide bonds. The van der Waals surface area contributed by atoms with E-state index in [1.54, 1.807) is 11.6 Å². The lowest BCUT2D eigenvalue weighted by atomic mass is 10.1. The second-order valence-corrected chi connectivity index (χ2v) is 4.87. The molecule has 0 saturated carbocycles. The molecule has 0 aromatic carbocycles. The molecule has 0 bridgehead atoms. The number of hydrogen-bond acceptors (Lipinski definition) is 2. The van der Waals surface area contributed by atoms with Gasteiger partial charge in [0, 0.05) is 36.9 Å². The van der Waals surface area contributed by atoms with Crippen molar-refractivity contribution in [2.45, 2.75) is 13.8 Å². The van der Waals surface area contributed by atoms with E-state index < -0.39 is 0 Å². The third-order valence-electron chi connectivity index (χ3n) is 3.39. The van der Waals surface area contributed by atoms with Gasteiger partial charge in [-0.15, -0.1) is 0 Å². The fourth-order valence-electron chi connectivity index (χ4n) is 2.31. The van der Waals surface area contributed by atoms with Gasteiger partial charge in [-0.3, -0.25) is 4.79 Å². The number of aromatic nitrogens is 3. The van der Waals surface area contributed by atoms with Crippen molar-refractivity contribution in [1.29, 1.82) is 0 Å². The Hall–Kier alpha value is -2.36. The maximum Gasteiger partial charge on any atom is 0.253 e. The summed E-state index contributed by atoms with van der Waals surface area (Å²) in [5.41, 5.74) is 4.94. The van der Waals surface area contributed by atoms with Crippen LogP contribution in [0.15, 0.2) is 41.6 Å². The molecule has 4 nitrogen and oxygen atoms in total. The monoisotopic (exact) mass is 253 g/mol. The molecular weight excluding hydrogens is 238 g/mol. The summed E-state index contributed by atoms with van der Waals surface area (Å²) in [5.74, 6) is 0. The molecule has 0 aliphatic carbocycles. The zero-order valence-corrected chi connectivity index (χ0v) is 11.2. The summed E-state index contributed by atoms with van der Waals surface area (Å²) < 4.78 is 3.67. The van der Waals surface area contributed by atoms with E-state index in [0.29, 0.717) is 0 Å². The molecule has 3 heterocycles. The van der Waals surface area contributed by atoms with Gasteiger partial charge in [0.1, 0.15) is 5.65 Å². The smallest absolute Gasteiger partial charge is 0.253 e. The molecule has 0 aliphatic heterocycles. The highest BCUT2D eigenvalue weighted by atomic mass is 16.1. The maximum atomic E-state index is 11.7. The zero-order chi connectivity index (χ0) is 13.6. The Kier molecular flexibility index (Phi) is 2.52. The summed E-state index contributed by atoms with van der Waals surface area (Å²) in [6, 6.07) is 5.94. The lowest BCUT2D eigenvalue weighted by Crippen LogP contribution is -2.18. The lowest BCUT2D eigenvalue weighted by molar-refractivity contribution is 0.850. The Morgan fingerprint density at radius 3 is 2.63 bits per heavy atom. The Bertz CT molecular complexity index is 801. The average molecular weight is 253 g/mol. The number of nitrogens with zero attached hydrogens (tertiary/aromatic N) is 3. The van der Waals surface area contributed by atoms with Crippen molar-refractivity contribution in [3.05, 3.63) is 58.4 Å². The first kappa shape index (κ1) is 11.7. The Morgan fingerprint density at radius 2 is 1.89 bits per heavy atom. The molecule has 0 aliphatic rings. The summed E-state index contributed by atoms with van der Waals surface area (Å²) in [5, 5.41) is 0. The van der Waals surface area contributed by atoms with Crippen molar-refractivity contribution >= 4 is 5.65 Å². The fraction of sp³-hybridized carbons (Fsp3) is 0.200. The minimum Gasteiger partial charge on any atom is -0.318 e. The van der Waals surface area contributed by atoms with Crippen LogP contribution in [0, 0.1) is 13.8 Å². The molecule has 3 aromatic rings. The Morgan fingerprint density at radius 1 is 1.11 bits per heavy atom. The highest BCUT2D eigenvalue weighted by molar-refractivity contribution is 5.64. The number of pyridine rings is 2. The van der Waals surface area contributed by atoms with Crippen LogP contribution in [0.1, 0.15) is 11.3 Å². The summed E-state index contributed by atoms with van der Waals surface area (Å²) in [4.78, 5) is 16.0. The second-order valence-electron chi connectivity index (χ2n) is 4.87. The third-order valence-corrected chi connectivity index (χ3v) is 3.39. The van der Waals surface area contributed by atoms with E-state index in [2.05, 4.69) is 15.6 Å². The van der Waals surface area contributed by atoms with Gasteiger partial charge in [-0.1, -0.05) is 0 Å². The molecule has 19 heavy (non-hydrogen) atoms. The van der Waals surface area contributed by atoms with Crippen LogP contribution in [0.5, 0.6) is 0 Å². The minimum atomic E-state index is 0.0450. The fourth-order valence-corrected chi connectivity index (χ4v) is 2.31. The van der Waals surface area contributed by atoms with Gasteiger partial charge in [0.05, 0.1) is 0 Å². The summed E-state index contributed by atoms with van der Waals surface area (Å²) in [6.45, 7) is 3.86. The van der Waals surface area contributed by atoms with Gasteiger partial charge in [-0.05, 0) is 43.2 Å². The van der Waals surface area contributed by atoms with E-state index in [4.69, 9.17) is 0 Å². The summed E-state index contributed by atoms with van der Waals surface area (Å²) >= 11 is 0. The predicted molar refractivity (Wildman–Crippen MR) is 75.3 cm³/mol. The topological polar surface area (TPSA) is 39.3 Å².